The Kier molecular flexibility index (Phi) is 5.21. The summed E-state index contributed by atoms with van der Waals surface area (Å²) < 4.78 is 11.8. The lowest BCUT2D eigenvalue weighted by molar-refractivity contribution is 0.0922. The van der Waals surface area contributed by atoms with Crippen LogP contribution in [0.25, 0.3) is 33.2 Å². The first-order valence-corrected chi connectivity index (χ1v) is 10.5. The van der Waals surface area contributed by atoms with Crippen LogP contribution in [0.1, 0.15) is 10.4 Å². The van der Waals surface area contributed by atoms with E-state index >= 15 is 0 Å². The highest BCUT2D eigenvalue weighted by atomic mass is 35.5. The van der Waals surface area contributed by atoms with Gasteiger partial charge in [0.1, 0.15) is 0 Å². The van der Waals surface area contributed by atoms with Crippen LogP contribution in [0.5, 0.6) is 5.75 Å². The molecule has 3 aromatic carbocycles. The van der Waals surface area contributed by atoms with Crippen LogP contribution in [-0.4, -0.2) is 17.4 Å². The zero-order valence-electron chi connectivity index (χ0n) is 16.5. The molecule has 0 radical (unpaired) electrons. The zero-order valence-corrected chi connectivity index (χ0v) is 18.0. The molecule has 2 aromatic heterocycles. The van der Waals surface area contributed by atoms with Crippen molar-refractivity contribution in [3.63, 3.8) is 0 Å². The Bertz CT molecular complexity index is 1540. The lowest BCUT2D eigenvalue weighted by Crippen LogP contribution is -2.17. The van der Waals surface area contributed by atoms with Gasteiger partial charge in [0.05, 0.1) is 10.4 Å². The second-order valence-electron chi connectivity index (χ2n) is 7.18. The van der Waals surface area contributed by atoms with Crippen molar-refractivity contribution in [2.75, 3.05) is 6.61 Å². The minimum atomic E-state index is -0.457. The van der Waals surface area contributed by atoms with Crippen molar-refractivity contribution in [3.05, 3.63) is 98.8 Å². The molecular weight excluding hydrogens is 449 g/mol. The van der Waals surface area contributed by atoms with E-state index in [0.29, 0.717) is 16.1 Å². The Balaban J connectivity index is 1.60. The molecular formula is C25H15Cl2NO4. The lowest BCUT2D eigenvalue weighted by Gasteiger charge is -2.12. The van der Waals surface area contributed by atoms with E-state index in [1.54, 1.807) is 18.3 Å². The highest BCUT2D eigenvalue weighted by Gasteiger charge is 2.21. The number of hydrogen-bond acceptors (Lipinski definition) is 4. The Labute approximate surface area is 192 Å². The van der Waals surface area contributed by atoms with Gasteiger partial charge in [-0.2, -0.15) is 0 Å². The number of halogens is 2. The first kappa shape index (κ1) is 20.4. The van der Waals surface area contributed by atoms with E-state index in [0.717, 1.165) is 10.9 Å². The average molecular weight is 464 g/mol. The number of aromatic nitrogens is 1. The summed E-state index contributed by atoms with van der Waals surface area (Å²) in [5.74, 6) is -0.153. The normalized spacial score (nSPS) is 11.2. The monoisotopic (exact) mass is 463 g/mol. The maximum Gasteiger partial charge on any atom is 0.235 e. The van der Waals surface area contributed by atoms with Gasteiger partial charge in [0.15, 0.2) is 18.0 Å². The molecule has 0 saturated heterocycles. The van der Waals surface area contributed by atoms with Gasteiger partial charge in [0.2, 0.25) is 17.0 Å². The van der Waals surface area contributed by atoms with E-state index < -0.39 is 5.43 Å². The fraction of sp³-hybridized carbons (Fsp3) is 0.0400. The lowest BCUT2D eigenvalue weighted by atomic mass is 10.1. The molecule has 0 unspecified atom stereocenters. The van der Waals surface area contributed by atoms with Crippen LogP contribution >= 0.6 is 23.2 Å². The summed E-state index contributed by atoms with van der Waals surface area (Å²) in [4.78, 5) is 29.3. The highest BCUT2D eigenvalue weighted by Crippen LogP contribution is 2.35. The maximum absolute atomic E-state index is 13.3. The second kappa shape index (κ2) is 8.19. The number of fused-ring (bicyclic) bond motifs is 2. The smallest absolute Gasteiger partial charge is 0.235 e. The van der Waals surface area contributed by atoms with E-state index in [9.17, 15) is 9.59 Å². The van der Waals surface area contributed by atoms with Crippen molar-refractivity contribution in [2.24, 2.45) is 0 Å². The number of carbonyl (C=O) groups is 1. The third-order valence-electron chi connectivity index (χ3n) is 5.14. The maximum atomic E-state index is 13.3. The molecule has 0 amide bonds. The van der Waals surface area contributed by atoms with Gasteiger partial charge in [-0.15, -0.1) is 0 Å². The van der Waals surface area contributed by atoms with E-state index in [1.165, 1.54) is 12.1 Å². The molecule has 5 aromatic rings. The molecule has 0 aliphatic carbocycles. The van der Waals surface area contributed by atoms with Crippen molar-refractivity contribution < 1.29 is 13.9 Å². The average Bonchev–Trinajstić information content (AvgIpc) is 3.23. The first-order valence-electron chi connectivity index (χ1n) is 9.76. The molecule has 0 saturated carbocycles. The third-order valence-corrected chi connectivity index (χ3v) is 5.64. The molecule has 1 N–H and O–H groups in total. The van der Waals surface area contributed by atoms with Crippen LogP contribution in [0.3, 0.4) is 0 Å². The van der Waals surface area contributed by atoms with Gasteiger partial charge in [-0.3, -0.25) is 9.59 Å². The van der Waals surface area contributed by atoms with Crippen LogP contribution in [0, 0.1) is 0 Å². The highest BCUT2D eigenvalue weighted by molar-refractivity contribution is 6.38. The molecule has 158 valence electrons. The minimum absolute atomic E-state index is 0.0739. The first-order chi connectivity index (χ1) is 15.5. The Morgan fingerprint density at radius 2 is 1.72 bits per heavy atom. The number of H-pyrrole nitrogens is 1. The molecule has 0 atom stereocenters. The van der Waals surface area contributed by atoms with Crippen molar-refractivity contribution in [1.29, 1.82) is 0 Å². The van der Waals surface area contributed by atoms with Crippen LogP contribution in [0.4, 0.5) is 0 Å². The summed E-state index contributed by atoms with van der Waals surface area (Å²) >= 11 is 12.4. The van der Waals surface area contributed by atoms with Crippen LogP contribution in [-0.2, 0) is 0 Å². The number of para-hydroxylation sites is 1. The van der Waals surface area contributed by atoms with Crippen LogP contribution < -0.4 is 10.2 Å². The summed E-state index contributed by atoms with van der Waals surface area (Å²) in [5, 5.41) is 1.47. The molecule has 5 nitrogen and oxygen atoms in total. The summed E-state index contributed by atoms with van der Waals surface area (Å²) in [6, 6.07) is 19.5. The third kappa shape index (κ3) is 3.55. The van der Waals surface area contributed by atoms with E-state index in [2.05, 4.69) is 4.98 Å². The molecule has 32 heavy (non-hydrogen) atoms. The molecule has 0 aliphatic rings. The second-order valence-corrected chi connectivity index (χ2v) is 8.02. The molecule has 0 spiro atoms. The topological polar surface area (TPSA) is 72.3 Å². The summed E-state index contributed by atoms with van der Waals surface area (Å²) in [6.45, 7) is -0.341. The number of nitrogens with one attached hydrogen (secondary N) is 1. The zero-order chi connectivity index (χ0) is 22.2. The molecule has 2 heterocycles. The Morgan fingerprint density at radius 3 is 2.53 bits per heavy atom. The number of ketones is 1. The fourth-order valence-corrected chi connectivity index (χ4v) is 4.17. The predicted octanol–water partition coefficient (Wildman–Crippen LogP) is 6.51. The van der Waals surface area contributed by atoms with Crippen molar-refractivity contribution in [3.8, 4) is 17.1 Å². The van der Waals surface area contributed by atoms with Gasteiger partial charge in [-0.25, -0.2) is 0 Å². The summed E-state index contributed by atoms with van der Waals surface area (Å²) in [5.41, 5.74) is 1.69. The van der Waals surface area contributed by atoms with E-state index in [-0.39, 0.29) is 39.9 Å². The summed E-state index contributed by atoms with van der Waals surface area (Å²) in [7, 11) is 0. The van der Waals surface area contributed by atoms with E-state index in [1.807, 2.05) is 42.5 Å². The number of ether oxygens (including phenoxy) is 1. The van der Waals surface area contributed by atoms with Crippen LogP contribution in [0.15, 0.2) is 82.1 Å². The number of hydrogen-bond donors (Lipinski definition) is 1. The minimum Gasteiger partial charge on any atom is -0.478 e. The molecule has 0 fully saturated rings. The van der Waals surface area contributed by atoms with Crippen molar-refractivity contribution >= 4 is 50.9 Å². The van der Waals surface area contributed by atoms with Crippen molar-refractivity contribution in [1.82, 2.24) is 4.98 Å². The van der Waals surface area contributed by atoms with Gasteiger partial charge in [-0.1, -0.05) is 71.7 Å². The largest absolute Gasteiger partial charge is 0.478 e. The van der Waals surface area contributed by atoms with E-state index in [4.69, 9.17) is 32.4 Å². The van der Waals surface area contributed by atoms with Crippen LogP contribution in [0.2, 0.25) is 10.0 Å². The Hall–Kier alpha value is -3.54. The van der Waals surface area contributed by atoms with Gasteiger partial charge in [0.25, 0.3) is 0 Å². The van der Waals surface area contributed by atoms with Gasteiger partial charge < -0.3 is 14.1 Å². The summed E-state index contributed by atoms with van der Waals surface area (Å²) in [6.07, 6.45) is 1.64. The number of carbonyl (C=O) groups excluding carboxylic acids is 1. The number of rotatable bonds is 5. The fourth-order valence-electron chi connectivity index (χ4n) is 3.63. The quantitative estimate of drug-likeness (QED) is 0.301. The van der Waals surface area contributed by atoms with Crippen molar-refractivity contribution in [2.45, 2.75) is 0 Å². The predicted molar refractivity (Wildman–Crippen MR) is 126 cm³/mol. The van der Waals surface area contributed by atoms with Gasteiger partial charge in [0, 0.05) is 33.2 Å². The molecule has 0 aliphatic heterocycles. The van der Waals surface area contributed by atoms with Gasteiger partial charge in [-0.05, 0) is 18.2 Å². The SMILES string of the molecule is O=C(COc1c(-c2ccccc2)oc2c(Cl)cc(Cl)cc2c1=O)c1c[nH]c2ccccc12. The molecule has 7 heteroatoms. The van der Waals surface area contributed by atoms with Gasteiger partial charge >= 0.3 is 0 Å². The number of benzene rings is 3. The number of aromatic amines is 1. The molecule has 0 bridgehead atoms. The number of Topliss-reactive ketones (excluding diaryl/α,β-unsaturated/α-hetero) is 1. The Morgan fingerprint density at radius 1 is 0.969 bits per heavy atom. The standard InChI is InChI=1S/C25H15Cl2NO4/c26-15-10-17-22(30)25(23(14-6-2-1-3-7-14)32-24(17)19(27)11-15)31-13-21(29)18-12-28-20-9-5-4-8-16(18)20/h1-12,28H,13H2. The molecule has 5 rings (SSSR count).